The van der Waals surface area contributed by atoms with Crippen molar-refractivity contribution in [3.05, 3.63) is 35.4 Å². The van der Waals surface area contributed by atoms with Gasteiger partial charge in [-0.15, -0.1) is 0 Å². The fourth-order valence-electron chi connectivity index (χ4n) is 2.25. The Morgan fingerprint density at radius 3 is 2.82 bits per heavy atom. The molecular weight excluding hydrogens is 210 g/mol. The second-order valence-corrected chi connectivity index (χ2v) is 4.91. The van der Waals surface area contributed by atoms with Gasteiger partial charge in [-0.25, -0.2) is 0 Å². The average Bonchev–Trinajstić information content (AvgIpc) is 2.60. The molecule has 1 saturated heterocycles. The van der Waals surface area contributed by atoms with Crippen molar-refractivity contribution in [3.8, 4) is 0 Å². The molecule has 0 bridgehead atoms. The lowest BCUT2D eigenvalue weighted by molar-refractivity contribution is 0.0475. The number of rotatable bonds is 4. The van der Waals surface area contributed by atoms with Crippen molar-refractivity contribution in [2.75, 3.05) is 19.7 Å². The van der Waals surface area contributed by atoms with E-state index in [9.17, 15) is 0 Å². The minimum atomic E-state index is 0.468. The lowest BCUT2D eigenvalue weighted by Crippen LogP contribution is -2.18. The van der Waals surface area contributed by atoms with Gasteiger partial charge >= 0.3 is 0 Å². The number of nitrogens with one attached hydrogen (secondary N) is 1. The van der Waals surface area contributed by atoms with E-state index in [0.29, 0.717) is 6.10 Å². The summed E-state index contributed by atoms with van der Waals surface area (Å²) in [5, 5.41) is 3.41. The number of ether oxygens (including phenoxy) is 1. The van der Waals surface area contributed by atoms with Crippen LogP contribution in [0.1, 0.15) is 30.4 Å². The molecule has 1 aromatic carbocycles. The van der Waals surface area contributed by atoms with E-state index in [4.69, 9.17) is 4.74 Å². The van der Waals surface area contributed by atoms with E-state index in [0.717, 1.165) is 32.5 Å². The van der Waals surface area contributed by atoms with E-state index < -0.39 is 0 Å². The molecule has 1 heterocycles. The van der Waals surface area contributed by atoms with Gasteiger partial charge < -0.3 is 10.1 Å². The quantitative estimate of drug-likeness (QED) is 0.863. The molecule has 1 fully saturated rings. The van der Waals surface area contributed by atoms with Crippen molar-refractivity contribution in [2.24, 2.45) is 0 Å². The molecule has 1 aliphatic rings. The number of aryl methyl sites for hydroxylation is 1. The first-order chi connectivity index (χ1) is 8.34. The van der Waals surface area contributed by atoms with Crippen LogP contribution in [0, 0.1) is 6.92 Å². The summed E-state index contributed by atoms with van der Waals surface area (Å²) in [5.41, 5.74) is 2.70. The Morgan fingerprint density at radius 1 is 1.18 bits per heavy atom. The van der Waals surface area contributed by atoms with Crippen molar-refractivity contribution in [1.82, 2.24) is 5.32 Å². The van der Waals surface area contributed by atoms with Gasteiger partial charge in [-0.3, -0.25) is 0 Å². The van der Waals surface area contributed by atoms with Gasteiger partial charge in [-0.1, -0.05) is 29.8 Å². The van der Waals surface area contributed by atoms with Crippen LogP contribution >= 0.6 is 0 Å². The van der Waals surface area contributed by atoms with Gasteiger partial charge in [0.1, 0.15) is 0 Å². The molecule has 1 N–H and O–H groups in total. The maximum atomic E-state index is 5.96. The molecule has 0 saturated carbocycles. The Morgan fingerprint density at radius 2 is 2.00 bits per heavy atom. The van der Waals surface area contributed by atoms with E-state index in [1.54, 1.807) is 0 Å². The summed E-state index contributed by atoms with van der Waals surface area (Å²) in [5.74, 6) is 0. The Kier molecular flexibility index (Phi) is 5.02. The third-order valence-electron chi connectivity index (χ3n) is 3.39. The second-order valence-electron chi connectivity index (χ2n) is 4.91. The molecule has 0 radical (unpaired) electrons. The molecule has 2 nitrogen and oxygen atoms in total. The third-order valence-corrected chi connectivity index (χ3v) is 3.39. The van der Waals surface area contributed by atoms with Crippen molar-refractivity contribution >= 4 is 0 Å². The van der Waals surface area contributed by atoms with Crippen molar-refractivity contribution < 1.29 is 4.74 Å². The first kappa shape index (κ1) is 12.6. The van der Waals surface area contributed by atoms with E-state index >= 15 is 0 Å². The molecule has 17 heavy (non-hydrogen) atoms. The Bertz CT molecular complexity index is 312. The summed E-state index contributed by atoms with van der Waals surface area (Å²) >= 11 is 0. The van der Waals surface area contributed by atoms with Crippen LogP contribution in [0.15, 0.2) is 24.3 Å². The van der Waals surface area contributed by atoms with Crippen LogP contribution in [0.2, 0.25) is 0 Å². The van der Waals surface area contributed by atoms with E-state index in [2.05, 4.69) is 36.5 Å². The van der Waals surface area contributed by atoms with Gasteiger partial charge in [0.05, 0.1) is 12.7 Å². The zero-order chi connectivity index (χ0) is 11.9. The topological polar surface area (TPSA) is 21.3 Å². The molecule has 94 valence electrons. The summed E-state index contributed by atoms with van der Waals surface area (Å²) in [7, 11) is 0. The summed E-state index contributed by atoms with van der Waals surface area (Å²) < 4.78 is 5.96. The molecule has 0 aromatic heterocycles. The standard InChI is InChI=1S/C15H23NO/c1-13-4-6-14(7-5-13)9-12-17-15-3-2-10-16-11-8-15/h4-7,15-16H,2-3,8-12H2,1H3. The van der Waals surface area contributed by atoms with Crippen LogP contribution in [0.5, 0.6) is 0 Å². The molecule has 2 heteroatoms. The highest BCUT2D eigenvalue weighted by Crippen LogP contribution is 2.11. The molecule has 0 amide bonds. The van der Waals surface area contributed by atoms with Crippen LogP contribution in [0.3, 0.4) is 0 Å². The minimum absolute atomic E-state index is 0.468. The fraction of sp³-hybridized carbons (Fsp3) is 0.600. The van der Waals surface area contributed by atoms with Crippen molar-refractivity contribution in [2.45, 2.75) is 38.7 Å². The second kappa shape index (κ2) is 6.77. The lowest BCUT2D eigenvalue weighted by Gasteiger charge is -2.14. The van der Waals surface area contributed by atoms with Crippen LogP contribution in [0.4, 0.5) is 0 Å². The Labute approximate surface area is 104 Å². The van der Waals surface area contributed by atoms with Crippen LogP contribution in [-0.4, -0.2) is 25.8 Å². The lowest BCUT2D eigenvalue weighted by atomic mass is 10.1. The molecule has 1 atom stereocenters. The minimum Gasteiger partial charge on any atom is -0.378 e. The highest BCUT2D eigenvalue weighted by Gasteiger charge is 2.11. The number of benzene rings is 1. The molecule has 1 unspecified atom stereocenters. The summed E-state index contributed by atoms with van der Waals surface area (Å²) in [4.78, 5) is 0. The smallest absolute Gasteiger partial charge is 0.0587 e. The maximum absolute atomic E-state index is 5.96. The van der Waals surface area contributed by atoms with Gasteiger partial charge in [-0.05, 0) is 51.3 Å². The number of hydrogen-bond acceptors (Lipinski definition) is 2. The molecule has 0 spiro atoms. The van der Waals surface area contributed by atoms with E-state index in [1.807, 2.05) is 0 Å². The van der Waals surface area contributed by atoms with E-state index in [-0.39, 0.29) is 0 Å². The first-order valence-electron chi connectivity index (χ1n) is 6.72. The first-order valence-corrected chi connectivity index (χ1v) is 6.72. The number of hydrogen-bond donors (Lipinski definition) is 1. The zero-order valence-corrected chi connectivity index (χ0v) is 10.7. The fourth-order valence-corrected chi connectivity index (χ4v) is 2.25. The Balaban J connectivity index is 1.69. The van der Waals surface area contributed by atoms with Gasteiger partial charge in [-0.2, -0.15) is 0 Å². The zero-order valence-electron chi connectivity index (χ0n) is 10.7. The molecule has 2 rings (SSSR count). The monoisotopic (exact) mass is 233 g/mol. The predicted molar refractivity (Wildman–Crippen MR) is 71.3 cm³/mol. The maximum Gasteiger partial charge on any atom is 0.0587 e. The highest BCUT2D eigenvalue weighted by molar-refractivity contribution is 5.21. The Hall–Kier alpha value is -0.860. The van der Waals surface area contributed by atoms with Gasteiger partial charge in [0, 0.05) is 0 Å². The summed E-state index contributed by atoms with van der Waals surface area (Å²) in [6, 6.07) is 8.75. The SMILES string of the molecule is Cc1ccc(CCOC2CCCNCC2)cc1. The largest absolute Gasteiger partial charge is 0.378 e. The van der Waals surface area contributed by atoms with Crippen molar-refractivity contribution in [3.63, 3.8) is 0 Å². The van der Waals surface area contributed by atoms with Gasteiger partial charge in [0.15, 0.2) is 0 Å². The van der Waals surface area contributed by atoms with Crippen LogP contribution in [0.25, 0.3) is 0 Å². The molecular formula is C15H23NO. The van der Waals surface area contributed by atoms with Gasteiger partial charge in [0.25, 0.3) is 0 Å². The average molecular weight is 233 g/mol. The molecule has 1 aliphatic heterocycles. The third kappa shape index (κ3) is 4.49. The molecule has 1 aromatic rings. The van der Waals surface area contributed by atoms with Crippen LogP contribution < -0.4 is 5.32 Å². The highest BCUT2D eigenvalue weighted by atomic mass is 16.5. The van der Waals surface area contributed by atoms with Crippen molar-refractivity contribution in [1.29, 1.82) is 0 Å². The summed E-state index contributed by atoms with van der Waals surface area (Å²) in [6.45, 7) is 5.24. The summed E-state index contributed by atoms with van der Waals surface area (Å²) in [6.07, 6.45) is 5.12. The molecule has 0 aliphatic carbocycles. The van der Waals surface area contributed by atoms with Gasteiger partial charge in [0.2, 0.25) is 0 Å². The normalized spacial score (nSPS) is 21.1. The van der Waals surface area contributed by atoms with Crippen LogP contribution in [-0.2, 0) is 11.2 Å². The predicted octanol–water partition coefficient (Wildman–Crippen LogP) is 2.70. The van der Waals surface area contributed by atoms with E-state index in [1.165, 1.54) is 24.0 Å².